The van der Waals surface area contributed by atoms with Crippen LogP contribution in [0.25, 0.3) is 0 Å². The highest BCUT2D eigenvalue weighted by Gasteiger charge is 2.36. The van der Waals surface area contributed by atoms with Crippen LogP contribution in [-0.2, 0) is 9.53 Å². The molecule has 13 heavy (non-hydrogen) atoms. The van der Waals surface area contributed by atoms with E-state index >= 15 is 0 Å². The van der Waals surface area contributed by atoms with E-state index in [4.69, 9.17) is 9.84 Å². The highest BCUT2D eigenvalue weighted by Crippen LogP contribution is 2.20. The minimum atomic E-state index is -0.437. The molecule has 0 radical (unpaired) electrons. The number of rotatable bonds is 2. The van der Waals surface area contributed by atoms with Gasteiger partial charge in [-0.25, -0.2) is 0 Å². The third-order valence-corrected chi connectivity index (χ3v) is 1.99. The van der Waals surface area contributed by atoms with Crippen LogP contribution in [0.3, 0.4) is 0 Å². The van der Waals surface area contributed by atoms with Crippen molar-refractivity contribution in [3.63, 3.8) is 0 Å². The summed E-state index contributed by atoms with van der Waals surface area (Å²) in [4.78, 5) is 13.1. The molecule has 1 fully saturated rings. The number of esters is 1. The van der Waals surface area contributed by atoms with Crippen LogP contribution in [0.2, 0.25) is 0 Å². The Bertz CT molecular complexity index is 196. The van der Waals surface area contributed by atoms with E-state index in [2.05, 4.69) is 0 Å². The van der Waals surface area contributed by atoms with Gasteiger partial charge >= 0.3 is 5.97 Å². The van der Waals surface area contributed by atoms with Crippen molar-refractivity contribution in [2.24, 2.45) is 0 Å². The smallest absolute Gasteiger partial charge is 0.323 e. The van der Waals surface area contributed by atoms with E-state index in [1.165, 1.54) is 0 Å². The van der Waals surface area contributed by atoms with Gasteiger partial charge in [0.25, 0.3) is 0 Å². The third kappa shape index (κ3) is 2.67. The number of aliphatic hydroxyl groups is 1. The number of ether oxygens (including phenoxy) is 1. The van der Waals surface area contributed by atoms with Crippen LogP contribution in [0.5, 0.6) is 0 Å². The van der Waals surface area contributed by atoms with Gasteiger partial charge in [0.2, 0.25) is 0 Å². The average Bonchev–Trinajstić information content (AvgIpc) is 1.80. The van der Waals surface area contributed by atoms with Crippen molar-refractivity contribution in [3.05, 3.63) is 0 Å². The molecule has 1 aliphatic rings. The summed E-state index contributed by atoms with van der Waals surface area (Å²) in [5, 5.41) is 8.82. The van der Waals surface area contributed by atoms with Gasteiger partial charge in [-0.2, -0.15) is 0 Å². The number of hydrogen-bond acceptors (Lipinski definition) is 4. The van der Waals surface area contributed by atoms with Crippen LogP contribution in [-0.4, -0.2) is 40.9 Å². The van der Waals surface area contributed by atoms with Crippen molar-refractivity contribution in [1.82, 2.24) is 4.90 Å². The lowest BCUT2D eigenvalue weighted by atomic mass is 10.0. The average molecular weight is 187 g/mol. The monoisotopic (exact) mass is 187 g/mol. The number of carbonyl (C=O) groups excluding carboxylic acids is 1. The van der Waals surface area contributed by atoms with E-state index in [0.29, 0.717) is 0 Å². The summed E-state index contributed by atoms with van der Waals surface area (Å²) in [6.45, 7) is 6.23. The lowest BCUT2D eigenvalue weighted by molar-refractivity contribution is -0.169. The minimum absolute atomic E-state index is 0.0656. The number of nitrogens with zero attached hydrogens (tertiary/aromatic N) is 1. The van der Waals surface area contributed by atoms with E-state index in [0.717, 1.165) is 13.0 Å². The van der Waals surface area contributed by atoms with E-state index in [-0.39, 0.29) is 18.7 Å². The predicted octanol–water partition coefficient (Wildman–Crippen LogP) is 0.352. The number of likely N-dealkylation sites (tertiary alicyclic amines) is 1. The molecule has 1 heterocycles. The third-order valence-electron chi connectivity index (χ3n) is 1.99. The molecule has 0 aromatic carbocycles. The molecule has 1 N–H and O–H groups in total. The Kier molecular flexibility index (Phi) is 2.93. The summed E-state index contributed by atoms with van der Waals surface area (Å²) >= 11 is 0. The van der Waals surface area contributed by atoms with Gasteiger partial charge in [0.15, 0.2) is 0 Å². The van der Waals surface area contributed by atoms with Crippen LogP contribution in [0, 0.1) is 0 Å². The van der Waals surface area contributed by atoms with Crippen molar-refractivity contribution < 1.29 is 14.6 Å². The van der Waals surface area contributed by atoms with Gasteiger partial charge in [0.1, 0.15) is 11.6 Å². The normalized spacial score (nSPS) is 23.8. The molecule has 1 rings (SSSR count). The zero-order chi connectivity index (χ0) is 10.1. The molecule has 0 saturated carbocycles. The summed E-state index contributed by atoms with van der Waals surface area (Å²) in [7, 11) is 0. The Balaban J connectivity index is 2.40. The predicted molar refractivity (Wildman–Crippen MR) is 48.0 cm³/mol. The Hall–Kier alpha value is -0.610. The summed E-state index contributed by atoms with van der Waals surface area (Å²) in [6.07, 6.45) is 0.787. The topological polar surface area (TPSA) is 49.8 Å². The van der Waals surface area contributed by atoms with E-state index in [9.17, 15) is 4.79 Å². The maximum atomic E-state index is 11.4. The van der Waals surface area contributed by atoms with Crippen LogP contribution in [0.4, 0.5) is 0 Å². The molecular weight excluding hydrogens is 170 g/mol. The minimum Gasteiger partial charge on any atom is -0.459 e. The number of hydrogen-bond donors (Lipinski definition) is 1. The van der Waals surface area contributed by atoms with E-state index in [1.54, 1.807) is 4.90 Å². The zero-order valence-corrected chi connectivity index (χ0v) is 8.41. The van der Waals surface area contributed by atoms with E-state index < -0.39 is 5.60 Å². The van der Waals surface area contributed by atoms with Crippen LogP contribution < -0.4 is 0 Å². The molecule has 4 heteroatoms. The zero-order valence-electron chi connectivity index (χ0n) is 8.41. The van der Waals surface area contributed by atoms with Gasteiger partial charge in [0.05, 0.1) is 6.73 Å². The SMILES string of the molecule is CC(C)(C)OC(=O)[C@H]1CCN1CO. The molecule has 1 saturated heterocycles. The first-order valence-electron chi connectivity index (χ1n) is 4.52. The van der Waals surface area contributed by atoms with Crippen molar-refractivity contribution >= 4 is 5.97 Å². The first-order chi connectivity index (χ1) is 5.94. The summed E-state index contributed by atoms with van der Waals surface area (Å²) in [6, 6.07) is -0.232. The van der Waals surface area contributed by atoms with Gasteiger partial charge in [-0.3, -0.25) is 9.69 Å². The first-order valence-corrected chi connectivity index (χ1v) is 4.52. The van der Waals surface area contributed by atoms with Crippen molar-refractivity contribution in [2.75, 3.05) is 13.3 Å². The lowest BCUT2D eigenvalue weighted by Gasteiger charge is -2.38. The quantitative estimate of drug-likeness (QED) is 0.634. The largest absolute Gasteiger partial charge is 0.459 e. The standard InChI is InChI=1S/C9H17NO3/c1-9(2,3)13-8(12)7-4-5-10(7)6-11/h7,11H,4-6H2,1-3H3/t7-/m1/s1. The fourth-order valence-electron chi connectivity index (χ4n) is 1.25. The van der Waals surface area contributed by atoms with Crippen LogP contribution in [0.15, 0.2) is 0 Å². The molecule has 0 aromatic rings. The van der Waals surface area contributed by atoms with Crippen LogP contribution >= 0.6 is 0 Å². The van der Waals surface area contributed by atoms with Gasteiger partial charge in [0, 0.05) is 6.54 Å². The second-order valence-corrected chi connectivity index (χ2v) is 4.29. The molecule has 0 spiro atoms. The van der Waals surface area contributed by atoms with Gasteiger partial charge in [-0.1, -0.05) is 0 Å². The molecule has 4 nitrogen and oxygen atoms in total. The summed E-state index contributed by atoms with van der Waals surface area (Å²) in [5.74, 6) is -0.229. The molecule has 76 valence electrons. The van der Waals surface area contributed by atoms with E-state index in [1.807, 2.05) is 20.8 Å². The summed E-state index contributed by atoms with van der Waals surface area (Å²) < 4.78 is 5.18. The van der Waals surface area contributed by atoms with Gasteiger partial charge < -0.3 is 9.84 Å². The molecular formula is C9H17NO3. The highest BCUT2D eigenvalue weighted by molar-refractivity contribution is 5.77. The molecule has 0 bridgehead atoms. The maximum Gasteiger partial charge on any atom is 0.323 e. The fraction of sp³-hybridized carbons (Fsp3) is 0.889. The molecule has 1 aliphatic heterocycles. The Labute approximate surface area is 78.5 Å². The van der Waals surface area contributed by atoms with Crippen molar-refractivity contribution in [1.29, 1.82) is 0 Å². The Morgan fingerprint density at radius 2 is 2.23 bits per heavy atom. The molecule has 1 atom stereocenters. The Morgan fingerprint density at radius 3 is 2.54 bits per heavy atom. The molecule has 0 aliphatic carbocycles. The molecule has 0 amide bonds. The maximum absolute atomic E-state index is 11.4. The fourth-order valence-corrected chi connectivity index (χ4v) is 1.25. The van der Waals surface area contributed by atoms with Crippen LogP contribution in [0.1, 0.15) is 27.2 Å². The Morgan fingerprint density at radius 1 is 1.62 bits per heavy atom. The van der Waals surface area contributed by atoms with Crippen molar-refractivity contribution in [3.8, 4) is 0 Å². The van der Waals surface area contributed by atoms with Crippen molar-refractivity contribution in [2.45, 2.75) is 38.8 Å². The second kappa shape index (κ2) is 3.64. The second-order valence-electron chi connectivity index (χ2n) is 4.29. The summed E-state index contributed by atoms with van der Waals surface area (Å²) in [5.41, 5.74) is -0.437. The first kappa shape index (κ1) is 10.5. The van der Waals surface area contributed by atoms with Gasteiger partial charge in [-0.05, 0) is 27.2 Å². The molecule has 0 unspecified atom stereocenters. The number of carbonyl (C=O) groups is 1. The molecule has 0 aromatic heterocycles. The number of aliphatic hydroxyl groups excluding tert-OH is 1. The lowest BCUT2D eigenvalue weighted by Crippen LogP contribution is -2.54. The highest BCUT2D eigenvalue weighted by atomic mass is 16.6. The van der Waals surface area contributed by atoms with Gasteiger partial charge in [-0.15, -0.1) is 0 Å².